The van der Waals surface area contributed by atoms with E-state index in [0.29, 0.717) is 18.3 Å². The van der Waals surface area contributed by atoms with Gasteiger partial charge in [0.25, 0.3) is 5.91 Å². The van der Waals surface area contributed by atoms with Crippen molar-refractivity contribution in [2.24, 2.45) is 0 Å². The van der Waals surface area contributed by atoms with Gasteiger partial charge in [0.05, 0.1) is 6.04 Å². The zero-order chi connectivity index (χ0) is 18.7. The highest BCUT2D eigenvalue weighted by Crippen LogP contribution is 2.40. The van der Waals surface area contributed by atoms with Gasteiger partial charge in [0, 0.05) is 24.7 Å². The van der Waals surface area contributed by atoms with E-state index in [-0.39, 0.29) is 23.7 Å². The molecule has 4 rings (SSSR count). The molecule has 152 valence electrons. The van der Waals surface area contributed by atoms with Crippen LogP contribution in [0.3, 0.4) is 0 Å². The van der Waals surface area contributed by atoms with Crippen LogP contribution in [0.15, 0.2) is 36.5 Å². The highest BCUT2D eigenvalue weighted by atomic mass is 35.5. The van der Waals surface area contributed by atoms with E-state index in [4.69, 9.17) is 0 Å². The van der Waals surface area contributed by atoms with Crippen LogP contribution in [-0.4, -0.2) is 35.3 Å². The summed E-state index contributed by atoms with van der Waals surface area (Å²) in [7, 11) is 0. The molecule has 1 amide bonds. The van der Waals surface area contributed by atoms with Gasteiger partial charge in [-0.3, -0.25) is 9.48 Å². The summed E-state index contributed by atoms with van der Waals surface area (Å²) in [6.07, 6.45) is 8.95. The predicted molar refractivity (Wildman–Crippen MR) is 114 cm³/mol. The van der Waals surface area contributed by atoms with Crippen molar-refractivity contribution in [3.63, 3.8) is 0 Å². The number of benzene rings is 1. The lowest BCUT2D eigenvalue weighted by Crippen LogP contribution is -2.39. The summed E-state index contributed by atoms with van der Waals surface area (Å²) in [5.74, 6) is -0.0588. The maximum absolute atomic E-state index is 12.7. The fraction of sp³-hybridized carbons (Fsp3) is 0.545. The molecule has 0 bridgehead atoms. The summed E-state index contributed by atoms with van der Waals surface area (Å²) >= 11 is 0. The molecular weight excluding hydrogens is 372 g/mol. The minimum atomic E-state index is -0.0588. The minimum Gasteiger partial charge on any atom is -0.350 e. The molecule has 2 fully saturated rings. The topological polar surface area (TPSA) is 59.0 Å². The van der Waals surface area contributed by atoms with Crippen LogP contribution >= 0.6 is 12.4 Å². The molecule has 0 radical (unpaired) electrons. The zero-order valence-corrected chi connectivity index (χ0v) is 17.4. The number of aryl methyl sites for hydroxylation is 1. The Labute approximate surface area is 173 Å². The standard InChI is InChI=1S/C22H30N4O.ClH/c1-17-6-4-7-18(14-17)22(10-2-3-11-22)16-24-21(27)20-9-13-26(25-20)19-8-5-12-23-15-19;/h4,6-7,9,13-14,19,23H,2-3,5,8,10-12,15-16H2,1H3,(H,24,27);1H. The lowest BCUT2D eigenvalue weighted by molar-refractivity contribution is 0.0936. The van der Waals surface area contributed by atoms with Crippen LogP contribution in [0.1, 0.15) is 66.2 Å². The van der Waals surface area contributed by atoms with E-state index in [9.17, 15) is 4.79 Å². The number of nitrogens with one attached hydrogen (secondary N) is 2. The van der Waals surface area contributed by atoms with Gasteiger partial charge in [-0.05, 0) is 50.8 Å². The Morgan fingerprint density at radius 3 is 2.82 bits per heavy atom. The largest absolute Gasteiger partial charge is 0.350 e. The molecule has 5 nitrogen and oxygen atoms in total. The number of piperidine rings is 1. The first-order valence-corrected chi connectivity index (χ1v) is 10.3. The number of rotatable bonds is 5. The normalized spacial score (nSPS) is 21.1. The number of aromatic nitrogens is 2. The van der Waals surface area contributed by atoms with E-state index < -0.39 is 0 Å². The maximum atomic E-state index is 12.7. The van der Waals surface area contributed by atoms with Crippen molar-refractivity contribution >= 4 is 18.3 Å². The SMILES string of the molecule is Cc1cccc(C2(CNC(=O)c3ccn(C4CCCNC4)n3)CCCC2)c1.Cl. The van der Waals surface area contributed by atoms with Crippen molar-refractivity contribution in [3.05, 3.63) is 53.3 Å². The summed E-state index contributed by atoms with van der Waals surface area (Å²) in [6, 6.07) is 11.0. The second-order valence-corrected chi connectivity index (χ2v) is 8.22. The Morgan fingerprint density at radius 2 is 2.11 bits per heavy atom. The Balaban J connectivity index is 0.00000225. The molecule has 1 aliphatic heterocycles. The minimum absolute atomic E-state index is 0. The lowest BCUT2D eigenvalue weighted by atomic mass is 9.78. The molecule has 6 heteroatoms. The van der Waals surface area contributed by atoms with E-state index in [1.807, 2.05) is 16.9 Å². The van der Waals surface area contributed by atoms with Crippen molar-refractivity contribution in [1.82, 2.24) is 20.4 Å². The van der Waals surface area contributed by atoms with Crippen LogP contribution in [0.2, 0.25) is 0 Å². The smallest absolute Gasteiger partial charge is 0.271 e. The van der Waals surface area contributed by atoms with Crippen molar-refractivity contribution in [2.75, 3.05) is 19.6 Å². The van der Waals surface area contributed by atoms with E-state index in [0.717, 1.165) is 38.8 Å². The summed E-state index contributed by atoms with van der Waals surface area (Å²) in [4.78, 5) is 12.7. The van der Waals surface area contributed by atoms with Crippen molar-refractivity contribution in [2.45, 2.75) is 56.9 Å². The number of halogens is 1. The molecule has 2 aliphatic rings. The average molecular weight is 403 g/mol. The molecule has 0 spiro atoms. The van der Waals surface area contributed by atoms with E-state index in [1.165, 1.54) is 24.0 Å². The molecule has 1 aliphatic carbocycles. The molecule has 2 N–H and O–H groups in total. The third kappa shape index (κ3) is 4.41. The predicted octanol–water partition coefficient (Wildman–Crippen LogP) is 3.78. The number of hydrogen-bond acceptors (Lipinski definition) is 3. The number of carbonyl (C=O) groups is 1. The summed E-state index contributed by atoms with van der Waals surface area (Å²) in [6.45, 7) is 4.83. The second kappa shape index (κ2) is 9.10. The van der Waals surface area contributed by atoms with E-state index in [2.05, 4.69) is 46.9 Å². The van der Waals surface area contributed by atoms with Crippen LogP contribution in [0, 0.1) is 6.92 Å². The van der Waals surface area contributed by atoms with Gasteiger partial charge >= 0.3 is 0 Å². The third-order valence-corrected chi connectivity index (χ3v) is 6.26. The van der Waals surface area contributed by atoms with Gasteiger partial charge in [-0.15, -0.1) is 12.4 Å². The molecule has 1 saturated heterocycles. The van der Waals surface area contributed by atoms with Gasteiger partial charge in [-0.2, -0.15) is 5.10 Å². The lowest BCUT2D eigenvalue weighted by Gasteiger charge is -2.30. The quantitative estimate of drug-likeness (QED) is 0.800. The van der Waals surface area contributed by atoms with Crippen molar-refractivity contribution in [3.8, 4) is 0 Å². The third-order valence-electron chi connectivity index (χ3n) is 6.26. The first-order chi connectivity index (χ1) is 13.2. The van der Waals surface area contributed by atoms with Gasteiger partial charge < -0.3 is 10.6 Å². The van der Waals surface area contributed by atoms with Crippen LogP contribution in [0.25, 0.3) is 0 Å². The molecule has 2 aromatic rings. The number of nitrogens with zero attached hydrogens (tertiary/aromatic N) is 2. The number of carbonyl (C=O) groups excluding carboxylic acids is 1. The molecule has 28 heavy (non-hydrogen) atoms. The Hall–Kier alpha value is -1.85. The highest BCUT2D eigenvalue weighted by molar-refractivity contribution is 5.92. The number of hydrogen-bond donors (Lipinski definition) is 2. The summed E-state index contributed by atoms with van der Waals surface area (Å²) in [5, 5.41) is 11.1. The molecule has 1 unspecified atom stereocenters. The fourth-order valence-electron chi connectivity index (χ4n) is 4.66. The molecule has 1 saturated carbocycles. The average Bonchev–Trinajstić information content (AvgIpc) is 3.38. The van der Waals surface area contributed by atoms with Crippen LogP contribution in [0.4, 0.5) is 0 Å². The summed E-state index contributed by atoms with van der Waals surface area (Å²) < 4.78 is 1.95. The van der Waals surface area contributed by atoms with Gasteiger partial charge in [-0.1, -0.05) is 42.7 Å². The molecular formula is C22H31ClN4O. The van der Waals surface area contributed by atoms with Crippen LogP contribution in [-0.2, 0) is 5.41 Å². The fourth-order valence-corrected chi connectivity index (χ4v) is 4.66. The first-order valence-electron chi connectivity index (χ1n) is 10.3. The van der Waals surface area contributed by atoms with E-state index in [1.54, 1.807) is 0 Å². The molecule has 1 aromatic heterocycles. The monoisotopic (exact) mass is 402 g/mol. The van der Waals surface area contributed by atoms with Crippen molar-refractivity contribution < 1.29 is 4.79 Å². The van der Waals surface area contributed by atoms with Crippen molar-refractivity contribution in [1.29, 1.82) is 0 Å². The second-order valence-electron chi connectivity index (χ2n) is 8.22. The maximum Gasteiger partial charge on any atom is 0.271 e. The molecule has 1 aromatic carbocycles. The highest BCUT2D eigenvalue weighted by Gasteiger charge is 2.36. The van der Waals surface area contributed by atoms with Gasteiger partial charge in [-0.25, -0.2) is 0 Å². The Morgan fingerprint density at radius 1 is 1.29 bits per heavy atom. The van der Waals surface area contributed by atoms with Gasteiger partial charge in [0.2, 0.25) is 0 Å². The first kappa shape index (κ1) is 20.9. The summed E-state index contributed by atoms with van der Waals surface area (Å²) in [5.41, 5.74) is 3.24. The van der Waals surface area contributed by atoms with E-state index >= 15 is 0 Å². The van der Waals surface area contributed by atoms with Gasteiger partial charge in [0.15, 0.2) is 0 Å². The number of amides is 1. The van der Waals surface area contributed by atoms with Crippen LogP contribution in [0.5, 0.6) is 0 Å². The van der Waals surface area contributed by atoms with Crippen LogP contribution < -0.4 is 10.6 Å². The molecule has 2 heterocycles. The zero-order valence-electron chi connectivity index (χ0n) is 16.6. The Bertz CT molecular complexity index is 791. The van der Waals surface area contributed by atoms with Gasteiger partial charge in [0.1, 0.15) is 5.69 Å². The Kier molecular flexibility index (Phi) is 6.78. The molecule has 1 atom stereocenters.